The van der Waals surface area contributed by atoms with Gasteiger partial charge in [0.05, 0.1) is 0 Å². The van der Waals surface area contributed by atoms with Crippen molar-refractivity contribution in [2.24, 2.45) is 0 Å². The van der Waals surface area contributed by atoms with Crippen LogP contribution in [0.25, 0.3) is 0 Å². The first kappa shape index (κ1) is 7.11. The van der Waals surface area contributed by atoms with E-state index in [4.69, 9.17) is 0 Å². The summed E-state index contributed by atoms with van der Waals surface area (Å²) in [6.45, 7) is 0. The molecule has 0 saturated carbocycles. The molecular weight excluding hydrogens is 166 g/mol. The van der Waals surface area contributed by atoms with E-state index in [1.807, 2.05) is 0 Å². The molecule has 0 nitrogen and oxygen atoms in total. The molecule has 0 aliphatic carbocycles. The predicted molar refractivity (Wildman–Crippen MR) is 6.65 cm³/mol. The third-order valence-electron chi connectivity index (χ3n) is 0. The minimum atomic E-state index is -11.0. The molecule has 0 amide bonds. The Bertz CT molecular complexity index is 62.7. The molecule has 0 N–H and O–H groups in total. The summed E-state index contributed by atoms with van der Waals surface area (Å²) in [5.41, 5.74) is 0. The average molecular weight is 166 g/mol. The Morgan fingerprint density at radius 1 is 0.571 bits per heavy atom. The second kappa shape index (κ2) is 0.700. The molecule has 0 aromatic heterocycles. The van der Waals surface area contributed by atoms with Crippen LogP contribution in [0.3, 0.4) is 0 Å². The van der Waals surface area contributed by atoms with E-state index in [2.05, 4.69) is 0 Å². The molecule has 7 heavy (non-hydrogen) atoms. The van der Waals surface area contributed by atoms with Gasteiger partial charge in [-0.3, -0.25) is 0 Å². The Morgan fingerprint density at radius 2 is 0.571 bits per heavy atom. The fourth-order valence-corrected chi connectivity index (χ4v) is 0. The van der Waals surface area contributed by atoms with Gasteiger partial charge in [0.15, 0.2) is 0 Å². The quantitative estimate of drug-likeness (QED) is 0.485. The van der Waals surface area contributed by atoms with Crippen LogP contribution >= 0.6 is 0 Å². The van der Waals surface area contributed by atoms with E-state index in [9.17, 15) is 21.1 Å². The number of hydrogen-bond acceptors (Lipinski definition) is 0. The topological polar surface area (TPSA) is 0 Å². The average Bonchev–Trinajstić information content (AvgIpc) is 0.592. The third-order valence-corrected chi connectivity index (χ3v) is 0. The van der Waals surface area contributed by atoms with Gasteiger partial charge in [0.25, 0.3) is 0 Å². The molecule has 0 aromatic rings. The molecule has 0 heterocycles. The van der Waals surface area contributed by atoms with Crippen LogP contribution < -0.4 is 0 Å². The standard InChI is InChI=1S/Cr.6FH/h;6*1H/q+6;;;;;;/p-6. The first-order valence-electron chi connectivity index (χ1n) is 0.926. The molecule has 0 radical (unpaired) electrons. The molecule has 0 spiro atoms. The van der Waals surface area contributed by atoms with E-state index in [1.54, 1.807) is 0 Å². The summed E-state index contributed by atoms with van der Waals surface area (Å²) < 4.78 is 59.4. The monoisotopic (exact) mass is 166 g/mol. The van der Waals surface area contributed by atoms with Crippen molar-refractivity contribution in [3.63, 3.8) is 0 Å². The number of rotatable bonds is 0. The van der Waals surface area contributed by atoms with Gasteiger partial charge >= 0.3 is 34.8 Å². The van der Waals surface area contributed by atoms with Gasteiger partial charge in [-0.1, -0.05) is 0 Å². The molecule has 0 bridgehead atoms. The molecule has 7 heteroatoms. The zero-order valence-corrected chi connectivity index (χ0v) is 3.95. The van der Waals surface area contributed by atoms with Gasteiger partial charge in [-0.2, -0.15) is 0 Å². The SMILES string of the molecule is [F][Cr]([F])([F])([F])([F])[F]. The first-order valence-corrected chi connectivity index (χ1v) is 3.82. The Labute approximate surface area is 35.9 Å². The summed E-state index contributed by atoms with van der Waals surface area (Å²) in [6, 6.07) is 0. The molecule has 0 aliphatic rings. The molecular formula is CrF6. The van der Waals surface area contributed by atoms with Crippen molar-refractivity contribution in [2.45, 2.75) is 0 Å². The van der Waals surface area contributed by atoms with E-state index in [-0.39, 0.29) is 0 Å². The van der Waals surface area contributed by atoms with Gasteiger partial charge in [0, 0.05) is 0 Å². The molecule has 0 aliphatic heterocycles. The van der Waals surface area contributed by atoms with Crippen molar-refractivity contribution >= 4 is 0 Å². The summed E-state index contributed by atoms with van der Waals surface area (Å²) in [5, 5.41) is 0. The Hall–Kier alpha value is 0.112. The molecule has 48 valence electrons. The van der Waals surface area contributed by atoms with E-state index in [0.29, 0.717) is 0 Å². The molecule has 0 rings (SSSR count). The van der Waals surface area contributed by atoms with Gasteiger partial charge < -0.3 is 0 Å². The van der Waals surface area contributed by atoms with E-state index < -0.39 is 13.7 Å². The van der Waals surface area contributed by atoms with Gasteiger partial charge in [-0.15, -0.1) is 0 Å². The summed E-state index contributed by atoms with van der Waals surface area (Å²) in [5.74, 6) is 0. The molecule has 0 unspecified atom stereocenters. The zero-order chi connectivity index (χ0) is 6.41. The predicted octanol–water partition coefficient (Wildman–Crippen LogP) is 2.52. The Morgan fingerprint density at radius 3 is 0.571 bits per heavy atom. The Balaban J connectivity index is 4.43. The van der Waals surface area contributed by atoms with Crippen LogP contribution in [-0.2, 0) is 13.7 Å². The summed E-state index contributed by atoms with van der Waals surface area (Å²) in [4.78, 5) is 0. The normalized spacial score (nSPS) is 23.1. The van der Waals surface area contributed by atoms with Crippen molar-refractivity contribution in [1.29, 1.82) is 0 Å². The summed E-state index contributed by atoms with van der Waals surface area (Å²) >= 11 is -11.0. The van der Waals surface area contributed by atoms with Crippen LogP contribution in [0.5, 0.6) is 0 Å². The second-order valence-electron chi connectivity index (χ2n) is 0.875. The van der Waals surface area contributed by atoms with Crippen molar-refractivity contribution in [1.82, 2.24) is 0 Å². The molecule has 0 fully saturated rings. The van der Waals surface area contributed by atoms with Crippen LogP contribution in [0.15, 0.2) is 0 Å². The van der Waals surface area contributed by atoms with Crippen molar-refractivity contribution in [3.8, 4) is 0 Å². The van der Waals surface area contributed by atoms with E-state index in [1.165, 1.54) is 0 Å². The number of hydrogen-bond donors (Lipinski definition) is 0. The van der Waals surface area contributed by atoms with Gasteiger partial charge in [0.2, 0.25) is 0 Å². The Kier molecular flexibility index (Phi) is 0.711. The third kappa shape index (κ3) is 8170. The fraction of sp³-hybridized carbons (Fsp3) is 0. The van der Waals surface area contributed by atoms with E-state index in [0.717, 1.165) is 0 Å². The van der Waals surface area contributed by atoms with Gasteiger partial charge in [0.1, 0.15) is 0 Å². The number of halogens is 6. The first-order chi connectivity index (χ1) is 2.45. The fourth-order valence-electron chi connectivity index (χ4n) is 0. The second-order valence-corrected chi connectivity index (χ2v) is 3.61. The maximum atomic E-state index is 9.90. The minimum absolute atomic E-state index is 9.90. The summed E-state index contributed by atoms with van der Waals surface area (Å²) in [7, 11) is 0. The van der Waals surface area contributed by atoms with Gasteiger partial charge in [-0.05, 0) is 0 Å². The molecule has 0 aromatic carbocycles. The van der Waals surface area contributed by atoms with Crippen molar-refractivity contribution < 1.29 is 34.8 Å². The van der Waals surface area contributed by atoms with Crippen LogP contribution in [-0.4, -0.2) is 0 Å². The van der Waals surface area contributed by atoms with Crippen molar-refractivity contribution in [2.75, 3.05) is 0 Å². The zero-order valence-electron chi connectivity index (χ0n) is 2.68. The molecule has 0 atom stereocenters. The van der Waals surface area contributed by atoms with Crippen LogP contribution in [0.1, 0.15) is 0 Å². The van der Waals surface area contributed by atoms with Crippen LogP contribution in [0.4, 0.5) is 21.1 Å². The molecule has 0 saturated heterocycles. The van der Waals surface area contributed by atoms with Crippen LogP contribution in [0, 0.1) is 0 Å². The maximum absolute atomic E-state index is 11.0. The van der Waals surface area contributed by atoms with Crippen LogP contribution in [0.2, 0.25) is 0 Å². The van der Waals surface area contributed by atoms with Crippen molar-refractivity contribution in [3.05, 3.63) is 0 Å². The van der Waals surface area contributed by atoms with Gasteiger partial charge in [-0.25, -0.2) is 0 Å². The van der Waals surface area contributed by atoms with E-state index >= 15 is 0 Å². The summed E-state index contributed by atoms with van der Waals surface area (Å²) in [6.07, 6.45) is 0.